The first-order valence-electron chi connectivity index (χ1n) is 21.0. The molecule has 0 saturated heterocycles. The van der Waals surface area contributed by atoms with Gasteiger partial charge in [0.25, 0.3) is 0 Å². The molecule has 0 aromatic heterocycles. The van der Waals surface area contributed by atoms with E-state index in [4.69, 9.17) is 0 Å². The second kappa shape index (κ2) is 15.6. The summed E-state index contributed by atoms with van der Waals surface area (Å²) in [6, 6.07) is 90.3. The third-order valence-corrected chi connectivity index (χ3v) is 12.1. The van der Waals surface area contributed by atoms with E-state index in [2.05, 4.69) is 254 Å². The predicted molar refractivity (Wildman–Crippen MR) is 261 cm³/mol. The molecule has 0 radical (unpaired) electrons. The fourth-order valence-corrected chi connectivity index (χ4v) is 8.94. The smallest absolute Gasteiger partial charge is 0.0467 e. The SMILES string of the molecule is c1ccc(-c2ccc(-c3ccc(N(c4ccc(-c5ccc(-c6cccc7c6ccc6c8ccccc8ccc76)cc5)cc4)c4cccc(-c5ccccc5)c4)cc3)cc2)cc1. The summed E-state index contributed by atoms with van der Waals surface area (Å²) in [5, 5.41) is 7.71. The second-order valence-electron chi connectivity index (χ2n) is 15.7. The maximum atomic E-state index is 2.36. The Kier molecular flexibility index (Phi) is 9.26. The zero-order valence-corrected chi connectivity index (χ0v) is 33.6. The van der Waals surface area contributed by atoms with E-state index in [-0.39, 0.29) is 0 Å². The van der Waals surface area contributed by atoms with Gasteiger partial charge in [-0.2, -0.15) is 0 Å². The molecule has 11 aromatic carbocycles. The highest BCUT2D eigenvalue weighted by Crippen LogP contribution is 2.40. The molecule has 0 unspecified atom stereocenters. The Labute approximate surface area is 357 Å². The summed E-state index contributed by atoms with van der Waals surface area (Å²) in [4.78, 5) is 2.36. The molecule has 0 heterocycles. The highest BCUT2D eigenvalue weighted by atomic mass is 15.1. The van der Waals surface area contributed by atoms with Crippen molar-refractivity contribution < 1.29 is 0 Å². The van der Waals surface area contributed by atoms with Gasteiger partial charge in [-0.25, -0.2) is 0 Å². The minimum atomic E-state index is 1.10. The lowest BCUT2D eigenvalue weighted by Gasteiger charge is -2.26. The van der Waals surface area contributed by atoms with Crippen LogP contribution in [0.2, 0.25) is 0 Å². The molecule has 0 aliphatic carbocycles. The Balaban J connectivity index is 0.909. The predicted octanol–water partition coefficient (Wildman–Crippen LogP) is 17.0. The van der Waals surface area contributed by atoms with Crippen molar-refractivity contribution in [3.05, 3.63) is 249 Å². The summed E-state index contributed by atoms with van der Waals surface area (Å²) >= 11 is 0. The van der Waals surface area contributed by atoms with Gasteiger partial charge in [-0.05, 0) is 124 Å². The van der Waals surface area contributed by atoms with Gasteiger partial charge in [0.05, 0.1) is 0 Å². The largest absolute Gasteiger partial charge is 0.310 e. The summed E-state index contributed by atoms with van der Waals surface area (Å²) in [6.07, 6.45) is 0. The van der Waals surface area contributed by atoms with Gasteiger partial charge in [0.1, 0.15) is 0 Å². The molecule has 1 nitrogen and oxygen atoms in total. The minimum absolute atomic E-state index is 1.10. The third kappa shape index (κ3) is 6.93. The molecule has 1 heteroatoms. The van der Waals surface area contributed by atoms with E-state index >= 15 is 0 Å². The van der Waals surface area contributed by atoms with Crippen LogP contribution in [0.1, 0.15) is 0 Å². The van der Waals surface area contributed by atoms with Crippen molar-refractivity contribution in [2.24, 2.45) is 0 Å². The molecule has 0 saturated carbocycles. The van der Waals surface area contributed by atoms with E-state index in [0.717, 1.165) is 17.1 Å². The molecule has 0 bridgehead atoms. The molecule has 0 fully saturated rings. The molecule has 0 N–H and O–H groups in total. The van der Waals surface area contributed by atoms with Crippen LogP contribution in [-0.4, -0.2) is 0 Å². The first-order chi connectivity index (χ1) is 30.2. The Bertz CT molecular complexity index is 3300. The van der Waals surface area contributed by atoms with Gasteiger partial charge in [-0.15, -0.1) is 0 Å². The fourth-order valence-electron chi connectivity index (χ4n) is 8.94. The van der Waals surface area contributed by atoms with Crippen molar-refractivity contribution in [1.82, 2.24) is 0 Å². The van der Waals surface area contributed by atoms with Gasteiger partial charge in [0.2, 0.25) is 0 Å². The monoisotopic (exact) mass is 775 g/mol. The molecule has 61 heavy (non-hydrogen) atoms. The number of hydrogen-bond acceptors (Lipinski definition) is 1. The van der Waals surface area contributed by atoms with Crippen molar-refractivity contribution in [2.45, 2.75) is 0 Å². The molecule has 0 atom stereocenters. The Morgan fingerprint density at radius 2 is 0.590 bits per heavy atom. The van der Waals surface area contributed by atoms with Crippen LogP contribution in [0.3, 0.4) is 0 Å². The maximum absolute atomic E-state index is 2.36. The average Bonchev–Trinajstić information content (AvgIpc) is 3.35. The lowest BCUT2D eigenvalue weighted by atomic mass is 9.92. The Morgan fingerprint density at radius 1 is 0.197 bits per heavy atom. The normalized spacial score (nSPS) is 11.3. The number of fused-ring (bicyclic) bond motifs is 5. The van der Waals surface area contributed by atoms with E-state index < -0.39 is 0 Å². The average molecular weight is 776 g/mol. The summed E-state index contributed by atoms with van der Waals surface area (Å²) in [7, 11) is 0. The van der Waals surface area contributed by atoms with Crippen LogP contribution in [0.4, 0.5) is 17.1 Å². The zero-order chi connectivity index (χ0) is 40.5. The highest BCUT2D eigenvalue weighted by Gasteiger charge is 2.15. The van der Waals surface area contributed by atoms with Gasteiger partial charge in [0.15, 0.2) is 0 Å². The summed E-state index contributed by atoms with van der Waals surface area (Å²) < 4.78 is 0. The topological polar surface area (TPSA) is 3.24 Å². The lowest BCUT2D eigenvalue weighted by molar-refractivity contribution is 1.28. The van der Waals surface area contributed by atoms with Crippen molar-refractivity contribution in [1.29, 1.82) is 0 Å². The van der Waals surface area contributed by atoms with Gasteiger partial charge in [-0.3, -0.25) is 0 Å². The maximum Gasteiger partial charge on any atom is 0.0467 e. The fraction of sp³-hybridized carbons (Fsp3) is 0. The van der Waals surface area contributed by atoms with Gasteiger partial charge < -0.3 is 4.90 Å². The summed E-state index contributed by atoms with van der Waals surface area (Å²) in [5.74, 6) is 0. The van der Waals surface area contributed by atoms with Crippen LogP contribution in [0.15, 0.2) is 249 Å². The minimum Gasteiger partial charge on any atom is -0.310 e. The van der Waals surface area contributed by atoms with Crippen molar-refractivity contribution in [3.8, 4) is 55.6 Å². The van der Waals surface area contributed by atoms with E-state index in [1.807, 2.05) is 0 Å². The van der Waals surface area contributed by atoms with Crippen molar-refractivity contribution >= 4 is 49.4 Å². The molecule has 0 aliphatic heterocycles. The molecule has 0 spiro atoms. The number of rotatable bonds is 8. The van der Waals surface area contributed by atoms with Crippen LogP contribution in [0, 0.1) is 0 Å². The van der Waals surface area contributed by atoms with Crippen LogP contribution >= 0.6 is 0 Å². The zero-order valence-electron chi connectivity index (χ0n) is 33.6. The molecule has 286 valence electrons. The van der Waals surface area contributed by atoms with Gasteiger partial charge in [-0.1, -0.05) is 212 Å². The van der Waals surface area contributed by atoms with Crippen LogP contribution in [-0.2, 0) is 0 Å². The molecule has 11 aromatic rings. The Morgan fingerprint density at radius 3 is 1.20 bits per heavy atom. The molecule has 0 amide bonds. The van der Waals surface area contributed by atoms with Crippen molar-refractivity contribution in [3.63, 3.8) is 0 Å². The molecular weight excluding hydrogens is 735 g/mol. The third-order valence-electron chi connectivity index (χ3n) is 12.1. The number of anilines is 3. The van der Waals surface area contributed by atoms with Crippen molar-refractivity contribution in [2.75, 3.05) is 4.90 Å². The molecule has 11 rings (SSSR count). The van der Waals surface area contributed by atoms with E-state index in [1.54, 1.807) is 0 Å². The quantitative estimate of drug-likeness (QED) is 0.139. The van der Waals surface area contributed by atoms with Crippen LogP contribution in [0.5, 0.6) is 0 Å². The van der Waals surface area contributed by atoms with Crippen LogP contribution in [0.25, 0.3) is 88.0 Å². The number of nitrogens with zero attached hydrogens (tertiary/aromatic N) is 1. The Hall–Kier alpha value is -8.00. The highest BCUT2D eigenvalue weighted by molar-refractivity contribution is 6.19. The summed E-state index contributed by atoms with van der Waals surface area (Å²) in [5.41, 5.74) is 15.3. The molecular formula is C60H41N. The van der Waals surface area contributed by atoms with E-state index in [0.29, 0.717) is 0 Å². The van der Waals surface area contributed by atoms with E-state index in [9.17, 15) is 0 Å². The van der Waals surface area contributed by atoms with E-state index in [1.165, 1.54) is 88.0 Å². The lowest BCUT2D eigenvalue weighted by Crippen LogP contribution is -2.10. The number of benzene rings is 11. The first-order valence-corrected chi connectivity index (χ1v) is 21.0. The van der Waals surface area contributed by atoms with Crippen LogP contribution < -0.4 is 4.90 Å². The standard InChI is InChI=1S/C60H41N/c1-3-11-42(12-4-1)44-21-23-45(24-22-44)47-29-34-52(35-30-47)61(54-17-9-16-51(41-54)43-13-5-2-6-14-43)53-36-31-48(32-37-53)46-25-27-50(28-26-46)56-19-10-20-57-58(56)39-40-59-55-18-8-7-15-49(55)33-38-60(57)59/h1-41H. The summed E-state index contributed by atoms with van der Waals surface area (Å²) in [6.45, 7) is 0. The number of hydrogen-bond donors (Lipinski definition) is 0. The van der Waals surface area contributed by atoms with Gasteiger partial charge >= 0.3 is 0 Å². The first kappa shape index (κ1) is 36.1. The molecule has 0 aliphatic rings. The van der Waals surface area contributed by atoms with Gasteiger partial charge in [0, 0.05) is 17.1 Å². The second-order valence-corrected chi connectivity index (χ2v) is 15.7.